The molecule has 11 heteroatoms. The van der Waals surface area contributed by atoms with Gasteiger partial charge in [-0.3, -0.25) is 13.9 Å². The molecule has 2 fully saturated rings. The molecule has 5 rings (SSSR count). The maximum Gasteiger partial charge on any atom is 0.300 e. The van der Waals surface area contributed by atoms with E-state index in [-0.39, 0.29) is 31.2 Å². The number of benzene rings is 2. The number of carbonyl (C=O) groups excluding carboxylic acids is 1. The van der Waals surface area contributed by atoms with Crippen molar-refractivity contribution in [3.63, 3.8) is 0 Å². The van der Waals surface area contributed by atoms with Gasteiger partial charge < -0.3 is 19.8 Å². The van der Waals surface area contributed by atoms with Gasteiger partial charge in [0.15, 0.2) is 0 Å². The number of nitrogens with zero attached hydrogens (tertiary/aromatic N) is 3. The van der Waals surface area contributed by atoms with Crippen LogP contribution in [0.25, 0.3) is 0 Å². The first-order valence-electron chi connectivity index (χ1n) is 12.8. The molecule has 2 atom stereocenters. The van der Waals surface area contributed by atoms with Gasteiger partial charge in [-0.25, -0.2) is 4.98 Å². The van der Waals surface area contributed by atoms with Crippen molar-refractivity contribution in [2.75, 3.05) is 30.7 Å². The maximum absolute atomic E-state index is 12.8. The van der Waals surface area contributed by atoms with Gasteiger partial charge in [-0.1, -0.05) is 59.6 Å². The van der Waals surface area contributed by atoms with E-state index in [2.05, 4.69) is 9.29 Å². The number of hydrogen-bond acceptors (Lipinski definition) is 7. The summed E-state index contributed by atoms with van der Waals surface area (Å²) in [5.74, 6) is -0.112. The van der Waals surface area contributed by atoms with Gasteiger partial charge in [0, 0.05) is 28.4 Å². The van der Waals surface area contributed by atoms with Gasteiger partial charge in [0.1, 0.15) is 12.4 Å². The Balaban J connectivity index is 0.000000336. The molecule has 214 valence electrons. The SMILES string of the molecule is CC(=O)O.Clc1ccccc1.O=C1COC[C@@H](c2ccc(Cl)cc2)N1[C@@H](CO)CN(SC1CC1)c1ccccn1. The molecule has 0 spiro atoms. The van der Waals surface area contributed by atoms with Crippen molar-refractivity contribution in [2.45, 2.75) is 37.1 Å². The van der Waals surface area contributed by atoms with E-state index < -0.39 is 5.97 Å². The molecule has 2 heterocycles. The summed E-state index contributed by atoms with van der Waals surface area (Å²) in [6.07, 6.45) is 4.13. The molecule has 1 aliphatic carbocycles. The number of carboxylic acid groups (broad SMARTS) is 1. The molecule has 1 amide bonds. The molecule has 1 aliphatic heterocycles. The highest BCUT2D eigenvalue weighted by Gasteiger charge is 2.37. The van der Waals surface area contributed by atoms with Crippen molar-refractivity contribution in [1.29, 1.82) is 0 Å². The third-order valence-corrected chi connectivity index (χ3v) is 7.66. The van der Waals surface area contributed by atoms with E-state index in [9.17, 15) is 9.90 Å². The number of rotatable bonds is 8. The fourth-order valence-electron chi connectivity index (χ4n) is 3.87. The van der Waals surface area contributed by atoms with Gasteiger partial charge >= 0.3 is 0 Å². The minimum absolute atomic E-state index is 0.0277. The van der Waals surface area contributed by atoms with Crippen LogP contribution < -0.4 is 4.31 Å². The second-order valence-electron chi connectivity index (χ2n) is 9.09. The standard InChI is InChI=1S/C21H24ClN3O3S.C6H5Cl.C2H4O2/c22-16-6-4-15(5-7-16)19-13-28-14-21(27)25(19)17(12-26)11-24(29-18-8-9-18)20-3-1-2-10-23-20;7-6-4-2-1-3-5-6;1-2(3)4/h1-7,10,17-19,26H,8-9,11-14H2;1-5H;1H3,(H,3,4)/t17-,19+;;/m1../s1. The van der Waals surface area contributed by atoms with Crippen LogP contribution in [0.1, 0.15) is 31.4 Å². The number of carbonyl (C=O) groups is 2. The molecule has 0 unspecified atom stereocenters. The molecular formula is C29H33Cl2N3O5S. The lowest BCUT2D eigenvalue weighted by Gasteiger charge is -2.42. The summed E-state index contributed by atoms with van der Waals surface area (Å²) in [5, 5.41) is 19.7. The fraction of sp³-hybridized carbons (Fsp3) is 0.345. The van der Waals surface area contributed by atoms with E-state index in [1.54, 1.807) is 23.0 Å². The number of aliphatic hydroxyl groups excluding tert-OH is 1. The number of aliphatic hydroxyl groups is 1. The van der Waals surface area contributed by atoms with E-state index in [1.807, 2.05) is 72.8 Å². The Labute approximate surface area is 249 Å². The molecule has 2 N–H and O–H groups in total. The Bertz CT molecular complexity index is 1180. The molecule has 3 aromatic rings. The van der Waals surface area contributed by atoms with Crippen molar-refractivity contribution in [1.82, 2.24) is 9.88 Å². The Kier molecular flexibility index (Phi) is 13.0. The highest BCUT2D eigenvalue weighted by Crippen LogP contribution is 2.39. The van der Waals surface area contributed by atoms with E-state index in [4.69, 9.17) is 37.8 Å². The summed E-state index contributed by atoms with van der Waals surface area (Å²) in [4.78, 5) is 28.1. The Hall–Kier alpha value is -2.82. The second kappa shape index (κ2) is 16.4. The maximum atomic E-state index is 12.8. The Morgan fingerprint density at radius 2 is 1.70 bits per heavy atom. The molecular weight excluding hydrogens is 573 g/mol. The lowest BCUT2D eigenvalue weighted by molar-refractivity contribution is -0.153. The molecule has 1 aromatic heterocycles. The van der Waals surface area contributed by atoms with Crippen LogP contribution in [0.4, 0.5) is 5.82 Å². The highest BCUT2D eigenvalue weighted by atomic mass is 35.5. The van der Waals surface area contributed by atoms with Gasteiger partial charge in [0.25, 0.3) is 5.97 Å². The Morgan fingerprint density at radius 1 is 1.07 bits per heavy atom. The minimum Gasteiger partial charge on any atom is -0.481 e. The van der Waals surface area contributed by atoms with Crippen LogP contribution in [0.2, 0.25) is 10.0 Å². The summed E-state index contributed by atoms with van der Waals surface area (Å²) in [6, 6.07) is 22.0. The topological polar surface area (TPSA) is 103 Å². The normalized spacial score (nSPS) is 17.1. The third-order valence-electron chi connectivity index (χ3n) is 5.80. The van der Waals surface area contributed by atoms with E-state index >= 15 is 0 Å². The molecule has 40 heavy (non-hydrogen) atoms. The van der Waals surface area contributed by atoms with Crippen LogP contribution in [0.5, 0.6) is 0 Å². The molecule has 0 bridgehead atoms. The number of morpholine rings is 1. The molecule has 1 saturated heterocycles. The van der Waals surface area contributed by atoms with Crippen molar-refractivity contribution in [2.24, 2.45) is 0 Å². The molecule has 8 nitrogen and oxygen atoms in total. The zero-order valence-electron chi connectivity index (χ0n) is 22.1. The van der Waals surface area contributed by atoms with Gasteiger partial charge in [-0.15, -0.1) is 0 Å². The largest absolute Gasteiger partial charge is 0.481 e. The summed E-state index contributed by atoms with van der Waals surface area (Å²) in [6.45, 7) is 1.86. The van der Waals surface area contributed by atoms with Crippen LogP contribution >= 0.6 is 35.1 Å². The van der Waals surface area contributed by atoms with Crippen LogP contribution in [0, 0.1) is 0 Å². The van der Waals surface area contributed by atoms with Crippen LogP contribution in [0.3, 0.4) is 0 Å². The number of aromatic nitrogens is 1. The summed E-state index contributed by atoms with van der Waals surface area (Å²) >= 11 is 13.3. The summed E-state index contributed by atoms with van der Waals surface area (Å²) in [5.41, 5.74) is 0.945. The van der Waals surface area contributed by atoms with Crippen LogP contribution in [0.15, 0.2) is 79.0 Å². The lowest BCUT2D eigenvalue weighted by atomic mass is 10.0. The second-order valence-corrected chi connectivity index (χ2v) is 11.3. The van der Waals surface area contributed by atoms with Gasteiger partial charge in [-0.05, 0) is 66.8 Å². The lowest BCUT2D eigenvalue weighted by Crippen LogP contribution is -2.54. The molecule has 1 saturated carbocycles. The quantitative estimate of drug-likeness (QED) is 0.313. The number of carboxylic acids is 1. The number of anilines is 1. The van der Waals surface area contributed by atoms with Gasteiger partial charge in [0.2, 0.25) is 5.91 Å². The average Bonchev–Trinajstić information content (AvgIpc) is 3.77. The van der Waals surface area contributed by atoms with E-state index in [0.717, 1.165) is 23.3 Å². The Morgan fingerprint density at radius 3 is 2.23 bits per heavy atom. The highest BCUT2D eigenvalue weighted by molar-refractivity contribution is 8.01. The van der Waals surface area contributed by atoms with E-state index in [0.29, 0.717) is 23.4 Å². The minimum atomic E-state index is -0.833. The predicted octanol–water partition coefficient (Wildman–Crippen LogP) is 5.74. The first-order valence-corrected chi connectivity index (χ1v) is 14.4. The predicted molar refractivity (Wildman–Crippen MR) is 160 cm³/mol. The number of amides is 1. The van der Waals surface area contributed by atoms with Crippen molar-refractivity contribution in [3.05, 3.63) is 94.6 Å². The fourth-order valence-corrected chi connectivity index (χ4v) is 5.32. The van der Waals surface area contributed by atoms with Crippen molar-refractivity contribution >= 4 is 52.8 Å². The van der Waals surface area contributed by atoms with Gasteiger partial charge in [0.05, 0.1) is 31.8 Å². The number of pyridine rings is 1. The third kappa shape index (κ3) is 10.6. The zero-order chi connectivity index (χ0) is 28.9. The van der Waals surface area contributed by atoms with Crippen LogP contribution in [-0.2, 0) is 14.3 Å². The van der Waals surface area contributed by atoms with Crippen LogP contribution in [-0.4, -0.2) is 69.6 Å². The average molecular weight is 607 g/mol. The smallest absolute Gasteiger partial charge is 0.300 e. The summed E-state index contributed by atoms with van der Waals surface area (Å²) < 4.78 is 7.64. The monoisotopic (exact) mass is 605 g/mol. The number of halogens is 2. The first kappa shape index (κ1) is 31.7. The van der Waals surface area contributed by atoms with Crippen molar-refractivity contribution < 1.29 is 24.5 Å². The number of aliphatic carboxylic acids is 1. The van der Waals surface area contributed by atoms with Gasteiger partial charge in [-0.2, -0.15) is 0 Å². The number of ether oxygens (including phenoxy) is 1. The molecule has 2 aliphatic rings. The van der Waals surface area contributed by atoms with Crippen molar-refractivity contribution in [3.8, 4) is 0 Å². The first-order chi connectivity index (χ1) is 19.3. The number of hydrogen-bond donors (Lipinski definition) is 2. The van der Waals surface area contributed by atoms with E-state index in [1.165, 1.54) is 12.8 Å². The zero-order valence-corrected chi connectivity index (χ0v) is 24.4. The summed E-state index contributed by atoms with van der Waals surface area (Å²) in [7, 11) is 0. The molecule has 2 aromatic carbocycles. The molecule has 0 radical (unpaired) electrons.